The summed E-state index contributed by atoms with van der Waals surface area (Å²) in [6.07, 6.45) is -3.70. The number of para-hydroxylation sites is 1. The molecule has 1 atom stereocenters. The standard InChI is InChI=1S/C14H17F3N2O.ClH/c15-14(16,17)11-5-4-8-19(10-11)13(20)9-18-12-6-2-1-3-7-12;/h1-3,6-7,11,18H,4-5,8-10H2;1H. The Morgan fingerprint density at radius 2 is 1.95 bits per heavy atom. The molecule has 1 N–H and O–H groups in total. The number of likely N-dealkylation sites (tertiary alicyclic amines) is 1. The number of amides is 1. The number of alkyl halides is 3. The maximum atomic E-state index is 12.7. The van der Waals surface area contributed by atoms with E-state index in [2.05, 4.69) is 5.32 Å². The molecule has 7 heteroatoms. The molecule has 0 aromatic heterocycles. The Labute approximate surface area is 127 Å². The highest BCUT2D eigenvalue weighted by Gasteiger charge is 2.42. The second kappa shape index (κ2) is 7.54. The Morgan fingerprint density at radius 3 is 2.57 bits per heavy atom. The van der Waals surface area contributed by atoms with Gasteiger partial charge < -0.3 is 10.2 Å². The van der Waals surface area contributed by atoms with Crippen LogP contribution in [0.15, 0.2) is 30.3 Å². The number of nitrogens with zero attached hydrogens (tertiary/aromatic N) is 1. The fraction of sp³-hybridized carbons (Fsp3) is 0.500. The largest absolute Gasteiger partial charge is 0.393 e. The van der Waals surface area contributed by atoms with E-state index >= 15 is 0 Å². The molecule has 0 aliphatic carbocycles. The van der Waals surface area contributed by atoms with Crippen molar-refractivity contribution in [3.63, 3.8) is 0 Å². The Morgan fingerprint density at radius 1 is 1.29 bits per heavy atom. The van der Waals surface area contributed by atoms with Crippen LogP contribution in [0.25, 0.3) is 0 Å². The van der Waals surface area contributed by atoms with Crippen LogP contribution in [-0.2, 0) is 4.79 Å². The van der Waals surface area contributed by atoms with Crippen molar-refractivity contribution < 1.29 is 18.0 Å². The first-order chi connectivity index (χ1) is 9.47. The molecule has 2 rings (SSSR count). The lowest BCUT2D eigenvalue weighted by atomic mass is 9.97. The molecule has 0 bridgehead atoms. The molecule has 1 aromatic rings. The number of carbonyl (C=O) groups excluding carboxylic acids is 1. The summed E-state index contributed by atoms with van der Waals surface area (Å²) >= 11 is 0. The van der Waals surface area contributed by atoms with Crippen LogP contribution in [0.5, 0.6) is 0 Å². The van der Waals surface area contributed by atoms with Gasteiger partial charge in [-0.2, -0.15) is 13.2 Å². The van der Waals surface area contributed by atoms with Gasteiger partial charge in [-0.3, -0.25) is 4.79 Å². The molecule has 1 aromatic carbocycles. The van der Waals surface area contributed by atoms with Crippen LogP contribution < -0.4 is 5.32 Å². The average Bonchev–Trinajstić information content (AvgIpc) is 2.45. The van der Waals surface area contributed by atoms with E-state index in [1.807, 2.05) is 30.3 Å². The van der Waals surface area contributed by atoms with Crippen LogP contribution in [0.2, 0.25) is 0 Å². The van der Waals surface area contributed by atoms with Crippen LogP contribution in [0.4, 0.5) is 18.9 Å². The number of benzene rings is 1. The molecule has 21 heavy (non-hydrogen) atoms. The van der Waals surface area contributed by atoms with Gasteiger partial charge >= 0.3 is 6.18 Å². The highest BCUT2D eigenvalue weighted by atomic mass is 35.5. The van der Waals surface area contributed by atoms with Crippen molar-refractivity contribution in [3.8, 4) is 0 Å². The summed E-state index contributed by atoms with van der Waals surface area (Å²) in [6.45, 7) is 0.204. The summed E-state index contributed by atoms with van der Waals surface area (Å²) in [5.41, 5.74) is 0.783. The Hall–Kier alpha value is -1.43. The van der Waals surface area contributed by atoms with Gasteiger partial charge in [0.15, 0.2) is 0 Å². The minimum absolute atomic E-state index is 0. The second-order valence-corrected chi connectivity index (χ2v) is 4.94. The van der Waals surface area contributed by atoms with Gasteiger partial charge in [0.25, 0.3) is 0 Å². The van der Waals surface area contributed by atoms with Crippen molar-refractivity contribution in [1.29, 1.82) is 0 Å². The molecule has 1 saturated heterocycles. The fourth-order valence-electron chi connectivity index (χ4n) is 2.32. The molecule has 3 nitrogen and oxygen atoms in total. The predicted molar refractivity (Wildman–Crippen MR) is 77.5 cm³/mol. The lowest BCUT2D eigenvalue weighted by molar-refractivity contribution is -0.187. The molecule has 118 valence electrons. The zero-order valence-electron chi connectivity index (χ0n) is 11.4. The van der Waals surface area contributed by atoms with Gasteiger partial charge in [-0.25, -0.2) is 0 Å². The third-order valence-corrected chi connectivity index (χ3v) is 3.45. The van der Waals surface area contributed by atoms with Crippen molar-refractivity contribution in [2.24, 2.45) is 5.92 Å². The zero-order valence-corrected chi connectivity index (χ0v) is 12.2. The number of anilines is 1. The SMILES string of the molecule is Cl.O=C(CNc1ccccc1)N1CCCC(C(F)(F)F)C1. The van der Waals surface area contributed by atoms with Gasteiger partial charge in [0.2, 0.25) is 5.91 Å². The van der Waals surface area contributed by atoms with E-state index in [-0.39, 0.29) is 37.8 Å². The Bertz CT molecular complexity index is 453. The molecule has 0 radical (unpaired) electrons. The maximum Gasteiger partial charge on any atom is 0.393 e. The molecule has 1 amide bonds. The van der Waals surface area contributed by atoms with Crippen LogP contribution in [-0.4, -0.2) is 36.6 Å². The van der Waals surface area contributed by atoms with Crippen LogP contribution >= 0.6 is 12.4 Å². The molecular weight excluding hydrogens is 305 g/mol. The third kappa shape index (κ3) is 5.12. The number of rotatable bonds is 3. The van der Waals surface area contributed by atoms with Gasteiger partial charge in [0.05, 0.1) is 12.5 Å². The summed E-state index contributed by atoms with van der Waals surface area (Å²) in [6, 6.07) is 9.12. The van der Waals surface area contributed by atoms with Crippen molar-refractivity contribution in [2.75, 3.05) is 25.0 Å². The first-order valence-corrected chi connectivity index (χ1v) is 6.60. The van der Waals surface area contributed by atoms with Gasteiger partial charge in [0.1, 0.15) is 0 Å². The quantitative estimate of drug-likeness (QED) is 0.926. The minimum Gasteiger partial charge on any atom is -0.376 e. The van der Waals surface area contributed by atoms with E-state index < -0.39 is 12.1 Å². The normalized spacial score (nSPS) is 18.8. The summed E-state index contributed by atoms with van der Waals surface area (Å²) < 4.78 is 38.0. The summed E-state index contributed by atoms with van der Waals surface area (Å²) in [4.78, 5) is 13.2. The van der Waals surface area contributed by atoms with Gasteiger partial charge in [-0.05, 0) is 25.0 Å². The maximum absolute atomic E-state index is 12.7. The van der Waals surface area contributed by atoms with Crippen molar-refractivity contribution >= 4 is 24.0 Å². The average molecular weight is 323 g/mol. The summed E-state index contributed by atoms with van der Waals surface area (Å²) in [5.74, 6) is -1.68. The number of nitrogens with one attached hydrogen (secondary N) is 1. The number of piperidine rings is 1. The number of hydrogen-bond donors (Lipinski definition) is 1. The lowest BCUT2D eigenvalue weighted by Gasteiger charge is -2.33. The van der Waals surface area contributed by atoms with Crippen LogP contribution in [0.1, 0.15) is 12.8 Å². The Balaban J connectivity index is 0.00000220. The van der Waals surface area contributed by atoms with Gasteiger partial charge in [0, 0.05) is 18.8 Å². The third-order valence-electron chi connectivity index (χ3n) is 3.45. The summed E-state index contributed by atoms with van der Waals surface area (Å²) in [7, 11) is 0. The van der Waals surface area contributed by atoms with E-state index in [0.29, 0.717) is 13.0 Å². The molecule has 1 fully saturated rings. The highest BCUT2D eigenvalue weighted by Crippen LogP contribution is 2.33. The van der Waals surface area contributed by atoms with E-state index in [1.54, 1.807) is 0 Å². The number of hydrogen-bond acceptors (Lipinski definition) is 2. The Kier molecular flexibility index (Phi) is 6.33. The van der Waals surface area contributed by atoms with Crippen molar-refractivity contribution in [1.82, 2.24) is 4.90 Å². The molecule has 0 saturated carbocycles. The lowest BCUT2D eigenvalue weighted by Crippen LogP contribution is -2.46. The molecule has 1 unspecified atom stereocenters. The smallest absolute Gasteiger partial charge is 0.376 e. The van der Waals surface area contributed by atoms with E-state index in [4.69, 9.17) is 0 Å². The van der Waals surface area contributed by atoms with Crippen LogP contribution in [0.3, 0.4) is 0 Å². The first-order valence-electron chi connectivity index (χ1n) is 6.60. The van der Waals surface area contributed by atoms with Crippen molar-refractivity contribution in [2.45, 2.75) is 19.0 Å². The molecular formula is C14H18ClF3N2O. The molecule has 0 spiro atoms. The van der Waals surface area contributed by atoms with E-state index in [9.17, 15) is 18.0 Å². The first kappa shape index (κ1) is 17.6. The fourth-order valence-corrected chi connectivity index (χ4v) is 2.32. The highest BCUT2D eigenvalue weighted by molar-refractivity contribution is 5.85. The number of halogens is 4. The molecule has 1 heterocycles. The van der Waals surface area contributed by atoms with Gasteiger partial charge in [-0.15, -0.1) is 12.4 Å². The number of carbonyl (C=O) groups is 1. The minimum atomic E-state index is -4.22. The van der Waals surface area contributed by atoms with E-state index in [1.165, 1.54) is 4.90 Å². The van der Waals surface area contributed by atoms with Gasteiger partial charge in [-0.1, -0.05) is 18.2 Å². The zero-order chi connectivity index (χ0) is 14.6. The monoisotopic (exact) mass is 322 g/mol. The topological polar surface area (TPSA) is 32.3 Å². The van der Waals surface area contributed by atoms with Crippen molar-refractivity contribution in [3.05, 3.63) is 30.3 Å². The van der Waals surface area contributed by atoms with E-state index in [0.717, 1.165) is 5.69 Å². The molecule has 1 aliphatic heterocycles. The van der Waals surface area contributed by atoms with Crippen LogP contribution in [0, 0.1) is 5.92 Å². The summed E-state index contributed by atoms with van der Waals surface area (Å²) in [5, 5.41) is 2.92. The molecule has 1 aliphatic rings. The predicted octanol–water partition coefficient (Wildman–Crippen LogP) is 3.32. The second-order valence-electron chi connectivity index (χ2n) is 4.94.